The van der Waals surface area contributed by atoms with Crippen molar-refractivity contribution in [1.29, 1.82) is 0 Å². The average molecular weight is 329 g/mol. The fourth-order valence-electron chi connectivity index (χ4n) is 2.86. The molecule has 0 heterocycles. The third-order valence-corrected chi connectivity index (χ3v) is 2.72. The first-order valence-electron chi connectivity index (χ1n) is 9.31. The molecule has 0 fully saturated rings. The maximum Gasteiger partial charge on any atom is -0.0303 e. The summed E-state index contributed by atoms with van der Waals surface area (Å²) in [6.45, 7) is 30.7. The molecule has 0 aromatic rings. The van der Waals surface area contributed by atoms with Gasteiger partial charge in [0.15, 0.2) is 0 Å². The van der Waals surface area contributed by atoms with Gasteiger partial charge in [-0.2, -0.15) is 0 Å². The smallest absolute Gasteiger partial charge is 0.0303 e. The minimum Gasteiger partial charge on any atom is -0.100 e. The maximum absolute atomic E-state index is 3.80. The third kappa shape index (κ3) is 52.2. The number of hydrogen-bond donors (Lipinski definition) is 0. The van der Waals surface area contributed by atoms with Crippen LogP contribution in [0.2, 0.25) is 0 Å². The molecule has 0 saturated carbocycles. The van der Waals surface area contributed by atoms with Gasteiger partial charge in [-0.3, -0.25) is 0 Å². The molecule has 144 valence electrons. The highest BCUT2D eigenvalue weighted by Crippen LogP contribution is 2.23. The van der Waals surface area contributed by atoms with E-state index in [4.69, 9.17) is 0 Å². The molecule has 23 heavy (non-hydrogen) atoms. The van der Waals surface area contributed by atoms with Crippen LogP contribution in [0, 0.1) is 29.1 Å². The van der Waals surface area contributed by atoms with Crippen LogP contribution in [-0.4, -0.2) is 0 Å². The van der Waals surface area contributed by atoms with Gasteiger partial charge >= 0.3 is 0 Å². The monoisotopic (exact) mass is 328 g/mol. The molecule has 0 aliphatic heterocycles. The van der Waals surface area contributed by atoms with E-state index in [1.165, 1.54) is 24.8 Å². The highest BCUT2D eigenvalue weighted by Gasteiger charge is 2.11. The van der Waals surface area contributed by atoms with Gasteiger partial charge in [-0.25, -0.2) is 0 Å². The molecule has 0 rings (SSSR count). The van der Waals surface area contributed by atoms with Crippen molar-refractivity contribution < 1.29 is 0 Å². The van der Waals surface area contributed by atoms with Crippen LogP contribution in [0.4, 0.5) is 0 Å². The second-order valence-electron chi connectivity index (χ2n) is 9.74. The Bertz CT molecular complexity index is 229. The predicted octanol–water partition coefficient (Wildman–Crippen LogP) is 9.01. The molecule has 0 amide bonds. The highest BCUT2D eigenvalue weighted by molar-refractivity contribution is 4.88. The molecule has 0 heteroatoms. The second-order valence-corrected chi connectivity index (χ2v) is 9.74. The quantitative estimate of drug-likeness (QED) is 0.441. The summed E-state index contributed by atoms with van der Waals surface area (Å²) in [4.78, 5) is 0. The summed E-state index contributed by atoms with van der Waals surface area (Å²) in [5.74, 6) is 3.37. The fourth-order valence-corrected chi connectivity index (χ4v) is 2.86. The molecular formula is C23H52. The van der Waals surface area contributed by atoms with Gasteiger partial charge in [0.05, 0.1) is 0 Å². The molecule has 0 radical (unpaired) electrons. The Morgan fingerprint density at radius 3 is 1.09 bits per heavy atom. The van der Waals surface area contributed by atoms with Crippen molar-refractivity contribution in [3.05, 3.63) is 12.2 Å². The van der Waals surface area contributed by atoms with Crippen molar-refractivity contribution in [2.75, 3.05) is 0 Å². The van der Waals surface area contributed by atoms with E-state index in [2.05, 4.69) is 89.7 Å². The van der Waals surface area contributed by atoms with Gasteiger partial charge in [-0.05, 0) is 55.3 Å². The maximum atomic E-state index is 3.80. The van der Waals surface area contributed by atoms with E-state index in [1.807, 2.05) is 0 Å². The number of allylic oxidation sites excluding steroid dienone is 1. The normalized spacial score (nSPS) is 10.8. The van der Waals surface area contributed by atoms with Gasteiger partial charge in [0.1, 0.15) is 0 Å². The van der Waals surface area contributed by atoms with E-state index < -0.39 is 0 Å². The van der Waals surface area contributed by atoms with Crippen molar-refractivity contribution in [3.63, 3.8) is 0 Å². The largest absolute Gasteiger partial charge is 0.100 e. The first-order valence-corrected chi connectivity index (χ1v) is 9.31. The SMILES string of the molecule is C.C=C(C)CC(C)C.CC(C)CC(C)(C)C.CC(C)CC(C)C. The molecule has 0 aliphatic carbocycles. The number of rotatable bonds is 5. The summed E-state index contributed by atoms with van der Waals surface area (Å²) >= 11 is 0. The summed E-state index contributed by atoms with van der Waals surface area (Å²) in [7, 11) is 0. The van der Waals surface area contributed by atoms with Gasteiger partial charge in [0.25, 0.3) is 0 Å². The minimum absolute atomic E-state index is 0. The predicted molar refractivity (Wildman–Crippen MR) is 114 cm³/mol. The molecular weight excluding hydrogens is 276 g/mol. The summed E-state index contributed by atoms with van der Waals surface area (Å²) in [6.07, 6.45) is 3.85. The Morgan fingerprint density at radius 2 is 1.09 bits per heavy atom. The van der Waals surface area contributed by atoms with Gasteiger partial charge in [-0.1, -0.05) is 89.2 Å². The van der Waals surface area contributed by atoms with Crippen LogP contribution in [0.3, 0.4) is 0 Å². The molecule has 0 atom stereocenters. The van der Waals surface area contributed by atoms with E-state index in [9.17, 15) is 0 Å². The van der Waals surface area contributed by atoms with E-state index in [-0.39, 0.29) is 7.43 Å². The molecule has 0 aliphatic rings. The molecule has 0 unspecified atom stereocenters. The molecule has 0 spiro atoms. The molecule has 0 nitrogen and oxygen atoms in total. The van der Waals surface area contributed by atoms with Crippen LogP contribution in [0.25, 0.3) is 0 Å². The summed E-state index contributed by atoms with van der Waals surface area (Å²) in [6, 6.07) is 0. The Balaban J connectivity index is -0.000000116. The summed E-state index contributed by atoms with van der Waals surface area (Å²) < 4.78 is 0. The molecule has 0 N–H and O–H groups in total. The highest BCUT2D eigenvalue weighted by atomic mass is 14.2. The van der Waals surface area contributed by atoms with Gasteiger partial charge in [-0.15, -0.1) is 6.58 Å². The topological polar surface area (TPSA) is 0 Å². The van der Waals surface area contributed by atoms with E-state index >= 15 is 0 Å². The standard InChI is InChI=1S/C8H18.C7H16.C7H14.CH4/c1-7(2)6-8(3,4)5;2*1-6(2)5-7(3)4;/h7H,6H2,1-5H3;6-7H,5H2,1-4H3;7H,1,5H2,2-4H3;1H4. The Morgan fingerprint density at radius 1 is 0.739 bits per heavy atom. The lowest BCUT2D eigenvalue weighted by molar-refractivity contribution is 0.320. The van der Waals surface area contributed by atoms with Crippen LogP contribution in [0.1, 0.15) is 110 Å². The molecule has 0 saturated heterocycles. The third-order valence-electron chi connectivity index (χ3n) is 2.72. The Hall–Kier alpha value is -0.260. The van der Waals surface area contributed by atoms with Gasteiger partial charge < -0.3 is 0 Å². The van der Waals surface area contributed by atoms with Crippen LogP contribution in [0.5, 0.6) is 0 Å². The van der Waals surface area contributed by atoms with Crippen LogP contribution in [0.15, 0.2) is 12.2 Å². The summed E-state index contributed by atoms with van der Waals surface area (Å²) in [5.41, 5.74) is 1.81. The zero-order chi connectivity index (χ0) is 18.5. The summed E-state index contributed by atoms with van der Waals surface area (Å²) in [5, 5.41) is 0. The molecule has 0 aromatic carbocycles. The van der Waals surface area contributed by atoms with Crippen molar-refractivity contribution in [1.82, 2.24) is 0 Å². The second kappa shape index (κ2) is 16.6. The fraction of sp³-hybridized carbons (Fsp3) is 0.913. The first kappa shape index (κ1) is 30.6. The Kier molecular flexibility index (Phi) is 22.1. The lowest BCUT2D eigenvalue weighted by Gasteiger charge is -2.19. The number of hydrogen-bond acceptors (Lipinski definition) is 0. The molecule has 0 aromatic heterocycles. The van der Waals surface area contributed by atoms with Gasteiger partial charge in [0.2, 0.25) is 0 Å². The van der Waals surface area contributed by atoms with E-state index in [1.54, 1.807) is 0 Å². The minimum atomic E-state index is 0. The van der Waals surface area contributed by atoms with Crippen LogP contribution < -0.4 is 0 Å². The van der Waals surface area contributed by atoms with E-state index in [0.717, 1.165) is 23.7 Å². The van der Waals surface area contributed by atoms with Crippen molar-refractivity contribution >= 4 is 0 Å². The van der Waals surface area contributed by atoms with Crippen molar-refractivity contribution in [2.24, 2.45) is 29.1 Å². The molecule has 0 bridgehead atoms. The van der Waals surface area contributed by atoms with Crippen molar-refractivity contribution in [2.45, 2.75) is 110 Å². The zero-order valence-corrected chi connectivity index (χ0v) is 18.1. The Labute approximate surface area is 151 Å². The van der Waals surface area contributed by atoms with Crippen molar-refractivity contribution in [3.8, 4) is 0 Å². The lowest BCUT2D eigenvalue weighted by Crippen LogP contribution is -2.08. The lowest BCUT2D eigenvalue weighted by atomic mass is 9.86. The van der Waals surface area contributed by atoms with Crippen LogP contribution >= 0.6 is 0 Å². The average Bonchev–Trinajstić information content (AvgIpc) is 2.08. The van der Waals surface area contributed by atoms with Gasteiger partial charge in [0, 0.05) is 0 Å². The zero-order valence-electron chi connectivity index (χ0n) is 18.1. The van der Waals surface area contributed by atoms with Crippen LogP contribution in [-0.2, 0) is 0 Å². The first-order chi connectivity index (χ1) is 9.67. The van der Waals surface area contributed by atoms with E-state index in [0.29, 0.717) is 5.41 Å².